The van der Waals surface area contributed by atoms with Gasteiger partial charge in [-0.3, -0.25) is 0 Å². The second-order valence-corrected chi connectivity index (χ2v) is 7.12. The molecule has 5 atom stereocenters. The molecule has 3 heteroatoms. The highest BCUT2D eigenvalue weighted by Gasteiger charge is 2.62. The van der Waals surface area contributed by atoms with Crippen LogP contribution in [0.15, 0.2) is 23.5 Å². The molecule has 2 heterocycles. The number of hydrogen-bond acceptors (Lipinski definition) is 3. The second kappa shape index (κ2) is 3.89. The van der Waals surface area contributed by atoms with Crippen LogP contribution in [0.1, 0.15) is 32.6 Å². The van der Waals surface area contributed by atoms with E-state index in [1.54, 1.807) is 0 Å². The van der Waals surface area contributed by atoms with E-state index in [-0.39, 0.29) is 5.79 Å². The fraction of sp³-hybridized carbons (Fsp3) is 0.765. The molecule has 0 N–H and O–H groups in total. The zero-order chi connectivity index (χ0) is 13.3. The van der Waals surface area contributed by atoms with Gasteiger partial charge >= 0.3 is 0 Å². The van der Waals surface area contributed by atoms with Crippen molar-refractivity contribution in [3.8, 4) is 0 Å². The molecule has 1 saturated heterocycles. The van der Waals surface area contributed by atoms with Gasteiger partial charge in [-0.2, -0.15) is 0 Å². The third-order valence-corrected chi connectivity index (χ3v) is 6.04. The summed E-state index contributed by atoms with van der Waals surface area (Å²) in [6.45, 7) is 3.71. The molecule has 5 aliphatic rings. The molecule has 20 heavy (non-hydrogen) atoms. The van der Waals surface area contributed by atoms with E-state index >= 15 is 0 Å². The lowest BCUT2D eigenvalue weighted by atomic mass is 9.68. The molecular formula is C17H22O3. The van der Waals surface area contributed by atoms with Gasteiger partial charge in [0.15, 0.2) is 5.79 Å². The summed E-state index contributed by atoms with van der Waals surface area (Å²) in [6.07, 6.45) is 9.68. The number of hydrogen-bond donors (Lipinski definition) is 0. The van der Waals surface area contributed by atoms with Crippen LogP contribution in [0.3, 0.4) is 0 Å². The zero-order valence-corrected chi connectivity index (χ0v) is 12.0. The van der Waals surface area contributed by atoms with Crippen molar-refractivity contribution < 1.29 is 14.2 Å². The number of allylic oxidation sites excluding steroid dienone is 3. The molecule has 2 bridgehead atoms. The van der Waals surface area contributed by atoms with Gasteiger partial charge in [0.05, 0.1) is 25.1 Å². The van der Waals surface area contributed by atoms with Crippen molar-refractivity contribution in [3.05, 3.63) is 23.5 Å². The first-order valence-corrected chi connectivity index (χ1v) is 8.12. The smallest absolute Gasteiger partial charge is 0.176 e. The Kier molecular flexibility index (Phi) is 2.30. The minimum atomic E-state index is -0.336. The summed E-state index contributed by atoms with van der Waals surface area (Å²) in [5.41, 5.74) is 1.48. The maximum absolute atomic E-state index is 6.29. The Labute approximate surface area is 120 Å². The standard InChI is InChI=1S/C17H22O3/c1-10-2-3-13-9-17(18-6-7-19-17)15-12-5-4-11(8-12)14(15)16(13)20-10/h4-5,10-12,14-15H,2-3,6-9H2,1H3. The van der Waals surface area contributed by atoms with Crippen molar-refractivity contribution >= 4 is 0 Å². The van der Waals surface area contributed by atoms with Crippen molar-refractivity contribution in [2.75, 3.05) is 13.2 Å². The second-order valence-electron chi connectivity index (χ2n) is 7.12. The summed E-state index contributed by atoms with van der Waals surface area (Å²) in [7, 11) is 0. The van der Waals surface area contributed by atoms with Crippen LogP contribution in [0.25, 0.3) is 0 Å². The molecule has 108 valence electrons. The molecule has 0 radical (unpaired) electrons. The summed E-state index contributed by atoms with van der Waals surface area (Å²) in [5.74, 6) is 3.23. The van der Waals surface area contributed by atoms with Gasteiger partial charge in [0, 0.05) is 18.3 Å². The molecule has 3 nitrogen and oxygen atoms in total. The predicted molar refractivity (Wildman–Crippen MR) is 73.8 cm³/mol. The molecule has 0 aromatic rings. The van der Waals surface area contributed by atoms with Gasteiger partial charge in [0.2, 0.25) is 0 Å². The van der Waals surface area contributed by atoms with E-state index in [9.17, 15) is 0 Å². The van der Waals surface area contributed by atoms with Crippen molar-refractivity contribution in [2.45, 2.75) is 44.5 Å². The lowest BCUT2D eigenvalue weighted by Gasteiger charge is -2.48. The number of rotatable bonds is 0. The largest absolute Gasteiger partial charge is 0.495 e. The average molecular weight is 274 g/mol. The first-order chi connectivity index (χ1) is 9.77. The Bertz CT molecular complexity index is 500. The third kappa shape index (κ3) is 1.38. The molecule has 5 rings (SSSR count). The Hall–Kier alpha value is -0.800. The van der Waals surface area contributed by atoms with Crippen LogP contribution in [0.4, 0.5) is 0 Å². The van der Waals surface area contributed by atoms with Gasteiger partial charge in [-0.1, -0.05) is 12.2 Å². The molecule has 1 spiro atoms. The molecule has 3 aliphatic carbocycles. The quantitative estimate of drug-likeness (QED) is 0.635. The molecule has 2 aliphatic heterocycles. The lowest BCUT2D eigenvalue weighted by Crippen LogP contribution is -2.50. The van der Waals surface area contributed by atoms with Crippen LogP contribution in [0.5, 0.6) is 0 Å². The van der Waals surface area contributed by atoms with Crippen LogP contribution in [-0.2, 0) is 14.2 Å². The van der Waals surface area contributed by atoms with E-state index < -0.39 is 0 Å². The summed E-state index contributed by atoms with van der Waals surface area (Å²) in [6, 6.07) is 0. The first kappa shape index (κ1) is 11.8. The summed E-state index contributed by atoms with van der Waals surface area (Å²) in [5, 5.41) is 0. The van der Waals surface area contributed by atoms with E-state index in [2.05, 4.69) is 19.1 Å². The summed E-state index contributed by atoms with van der Waals surface area (Å²) in [4.78, 5) is 0. The Morgan fingerprint density at radius 1 is 1.15 bits per heavy atom. The maximum Gasteiger partial charge on any atom is 0.176 e. The van der Waals surface area contributed by atoms with E-state index in [1.165, 1.54) is 17.8 Å². The Morgan fingerprint density at radius 3 is 2.80 bits per heavy atom. The Balaban J connectivity index is 1.63. The summed E-state index contributed by atoms with van der Waals surface area (Å²) >= 11 is 0. The van der Waals surface area contributed by atoms with Gasteiger partial charge < -0.3 is 14.2 Å². The fourth-order valence-corrected chi connectivity index (χ4v) is 5.31. The zero-order valence-electron chi connectivity index (χ0n) is 12.0. The fourth-order valence-electron chi connectivity index (χ4n) is 5.31. The molecule has 1 saturated carbocycles. The molecule has 2 fully saturated rings. The normalized spacial score (nSPS) is 47.5. The minimum absolute atomic E-state index is 0.336. The van der Waals surface area contributed by atoms with Crippen molar-refractivity contribution in [1.29, 1.82) is 0 Å². The first-order valence-electron chi connectivity index (χ1n) is 8.12. The monoisotopic (exact) mass is 274 g/mol. The predicted octanol–water partition coefficient (Wildman–Crippen LogP) is 3.02. The van der Waals surface area contributed by atoms with Crippen LogP contribution in [0.2, 0.25) is 0 Å². The molecule has 0 aromatic heterocycles. The lowest BCUT2D eigenvalue weighted by molar-refractivity contribution is -0.219. The topological polar surface area (TPSA) is 27.7 Å². The molecule has 0 aromatic carbocycles. The van der Waals surface area contributed by atoms with Crippen molar-refractivity contribution in [3.63, 3.8) is 0 Å². The van der Waals surface area contributed by atoms with Gasteiger partial charge in [-0.05, 0) is 43.6 Å². The molecule has 0 amide bonds. The summed E-state index contributed by atoms with van der Waals surface area (Å²) < 4.78 is 18.7. The van der Waals surface area contributed by atoms with Crippen LogP contribution in [0, 0.1) is 23.7 Å². The van der Waals surface area contributed by atoms with Gasteiger partial charge in [-0.25, -0.2) is 0 Å². The highest BCUT2D eigenvalue weighted by atomic mass is 16.7. The van der Waals surface area contributed by atoms with Crippen LogP contribution < -0.4 is 0 Å². The maximum atomic E-state index is 6.29. The van der Waals surface area contributed by atoms with E-state index in [0.29, 0.717) is 29.8 Å². The highest BCUT2D eigenvalue weighted by Crippen LogP contribution is 2.62. The third-order valence-electron chi connectivity index (χ3n) is 6.04. The van der Waals surface area contributed by atoms with Crippen molar-refractivity contribution in [2.24, 2.45) is 23.7 Å². The van der Waals surface area contributed by atoms with Crippen molar-refractivity contribution in [1.82, 2.24) is 0 Å². The molecular weight excluding hydrogens is 252 g/mol. The SMILES string of the molecule is CC1CCC2=C(O1)C1C3C=CC(C3)C1C1(C2)OCCO1. The van der Waals surface area contributed by atoms with Crippen LogP contribution in [-0.4, -0.2) is 25.1 Å². The van der Waals surface area contributed by atoms with Crippen LogP contribution >= 0.6 is 0 Å². The van der Waals surface area contributed by atoms with Gasteiger partial charge in [0.1, 0.15) is 0 Å². The highest BCUT2D eigenvalue weighted by molar-refractivity contribution is 5.31. The Morgan fingerprint density at radius 2 is 1.95 bits per heavy atom. The van der Waals surface area contributed by atoms with Gasteiger partial charge in [0.25, 0.3) is 0 Å². The van der Waals surface area contributed by atoms with E-state index in [1.807, 2.05) is 0 Å². The van der Waals surface area contributed by atoms with E-state index in [4.69, 9.17) is 14.2 Å². The number of fused-ring (bicyclic) bond motifs is 7. The number of ether oxygens (including phenoxy) is 3. The average Bonchev–Trinajstić information content (AvgIpc) is 3.16. The molecule has 5 unspecified atom stereocenters. The van der Waals surface area contributed by atoms with Gasteiger partial charge in [-0.15, -0.1) is 0 Å². The van der Waals surface area contributed by atoms with E-state index in [0.717, 1.165) is 32.5 Å². The minimum Gasteiger partial charge on any atom is -0.495 e.